The van der Waals surface area contributed by atoms with Gasteiger partial charge in [-0.3, -0.25) is 4.79 Å². The van der Waals surface area contributed by atoms with Gasteiger partial charge in [0.15, 0.2) is 11.5 Å². The van der Waals surface area contributed by atoms with Gasteiger partial charge in [-0.2, -0.15) is 0 Å². The number of benzene rings is 2. The van der Waals surface area contributed by atoms with Crippen LogP contribution in [0.15, 0.2) is 59.1 Å². The van der Waals surface area contributed by atoms with Crippen molar-refractivity contribution in [3.05, 3.63) is 71.7 Å². The van der Waals surface area contributed by atoms with E-state index in [0.717, 1.165) is 18.5 Å². The molecule has 1 heterocycles. The van der Waals surface area contributed by atoms with Gasteiger partial charge in [-0.1, -0.05) is 29.4 Å². The Morgan fingerprint density at radius 1 is 1.15 bits per heavy atom. The van der Waals surface area contributed by atoms with Crippen LogP contribution in [0, 0.1) is 5.82 Å². The van der Waals surface area contributed by atoms with Crippen LogP contribution in [0.5, 0.6) is 0 Å². The highest BCUT2D eigenvalue weighted by atomic mass is 19.1. The molecule has 1 aromatic heterocycles. The average molecular weight is 367 g/mol. The van der Waals surface area contributed by atoms with Crippen LogP contribution in [0.3, 0.4) is 0 Å². The highest BCUT2D eigenvalue weighted by molar-refractivity contribution is 5.93. The van der Waals surface area contributed by atoms with Crippen molar-refractivity contribution in [3.63, 3.8) is 0 Å². The van der Waals surface area contributed by atoms with Crippen LogP contribution in [0.2, 0.25) is 0 Å². The molecule has 0 saturated carbocycles. The molecule has 0 fully saturated rings. The number of halogens is 1. The molecule has 1 amide bonds. The Kier molecular flexibility index (Phi) is 5.86. The molecule has 3 rings (SSSR count). The molecule has 6 heteroatoms. The van der Waals surface area contributed by atoms with Crippen LogP contribution < -0.4 is 10.2 Å². The third-order valence-electron chi connectivity index (χ3n) is 4.26. The molecule has 3 aromatic rings. The summed E-state index contributed by atoms with van der Waals surface area (Å²) in [5.74, 6) is -0.510. The topological polar surface area (TPSA) is 58.4 Å². The summed E-state index contributed by atoms with van der Waals surface area (Å²) in [5, 5.41) is 6.55. The molecule has 2 aromatic carbocycles. The Hall–Kier alpha value is -3.15. The van der Waals surface area contributed by atoms with E-state index < -0.39 is 5.82 Å². The van der Waals surface area contributed by atoms with E-state index in [1.807, 2.05) is 14.1 Å². The molecule has 140 valence electrons. The maximum absolute atomic E-state index is 13.8. The van der Waals surface area contributed by atoms with Gasteiger partial charge >= 0.3 is 0 Å². The molecule has 0 spiro atoms. The number of rotatable bonds is 7. The van der Waals surface area contributed by atoms with E-state index in [2.05, 4.69) is 39.6 Å². The SMILES string of the molecule is CN(C)c1ccc(CCCNC(=O)c2cc(-c3ccccc3F)on2)cc1. The molecule has 0 bridgehead atoms. The minimum absolute atomic E-state index is 0.142. The van der Waals surface area contributed by atoms with Crippen molar-refractivity contribution < 1.29 is 13.7 Å². The zero-order valence-corrected chi connectivity index (χ0v) is 15.4. The normalized spacial score (nSPS) is 10.6. The van der Waals surface area contributed by atoms with Gasteiger partial charge < -0.3 is 14.7 Å². The highest BCUT2D eigenvalue weighted by Gasteiger charge is 2.15. The van der Waals surface area contributed by atoms with Crippen LogP contribution in [0.1, 0.15) is 22.5 Å². The zero-order valence-electron chi connectivity index (χ0n) is 15.4. The number of carbonyl (C=O) groups is 1. The average Bonchev–Trinajstić information content (AvgIpc) is 3.16. The monoisotopic (exact) mass is 367 g/mol. The lowest BCUT2D eigenvalue weighted by molar-refractivity contribution is 0.0944. The maximum atomic E-state index is 13.8. The Morgan fingerprint density at radius 2 is 1.89 bits per heavy atom. The first-order valence-electron chi connectivity index (χ1n) is 8.80. The molecule has 0 saturated heterocycles. The van der Waals surface area contributed by atoms with E-state index in [4.69, 9.17) is 4.52 Å². The van der Waals surface area contributed by atoms with Crippen molar-refractivity contribution in [2.45, 2.75) is 12.8 Å². The smallest absolute Gasteiger partial charge is 0.273 e. The second kappa shape index (κ2) is 8.49. The second-order valence-electron chi connectivity index (χ2n) is 6.48. The summed E-state index contributed by atoms with van der Waals surface area (Å²) in [5.41, 5.74) is 2.80. The number of nitrogens with zero attached hydrogens (tertiary/aromatic N) is 2. The summed E-state index contributed by atoms with van der Waals surface area (Å²) < 4.78 is 18.9. The van der Waals surface area contributed by atoms with Crippen LogP contribution in [-0.2, 0) is 6.42 Å². The highest BCUT2D eigenvalue weighted by Crippen LogP contribution is 2.23. The molecule has 0 atom stereocenters. The molecule has 0 aliphatic carbocycles. The maximum Gasteiger partial charge on any atom is 0.273 e. The number of aromatic nitrogens is 1. The number of hydrogen-bond donors (Lipinski definition) is 1. The first-order chi connectivity index (χ1) is 13.0. The van der Waals surface area contributed by atoms with Crippen LogP contribution in [0.25, 0.3) is 11.3 Å². The van der Waals surface area contributed by atoms with Crippen LogP contribution in [-0.4, -0.2) is 31.7 Å². The number of anilines is 1. The summed E-state index contributed by atoms with van der Waals surface area (Å²) in [6, 6.07) is 16.0. The Balaban J connectivity index is 1.49. The van der Waals surface area contributed by atoms with E-state index >= 15 is 0 Å². The van der Waals surface area contributed by atoms with Gasteiger partial charge in [0.25, 0.3) is 5.91 Å². The summed E-state index contributed by atoms with van der Waals surface area (Å²) in [6.07, 6.45) is 1.68. The fourth-order valence-electron chi connectivity index (χ4n) is 2.72. The van der Waals surface area contributed by atoms with E-state index in [1.165, 1.54) is 17.7 Å². The summed E-state index contributed by atoms with van der Waals surface area (Å²) in [4.78, 5) is 14.2. The number of carbonyl (C=O) groups excluding carboxylic acids is 1. The lowest BCUT2D eigenvalue weighted by atomic mass is 10.1. The van der Waals surface area contributed by atoms with E-state index in [1.54, 1.807) is 18.2 Å². The van der Waals surface area contributed by atoms with Gasteiger partial charge in [-0.15, -0.1) is 0 Å². The molecule has 27 heavy (non-hydrogen) atoms. The third kappa shape index (κ3) is 4.73. The van der Waals surface area contributed by atoms with Crippen molar-refractivity contribution >= 4 is 11.6 Å². The Labute approximate surface area is 157 Å². The summed E-state index contributed by atoms with van der Waals surface area (Å²) >= 11 is 0. The lowest BCUT2D eigenvalue weighted by Gasteiger charge is -2.12. The first-order valence-corrected chi connectivity index (χ1v) is 8.80. The molecular formula is C21H22FN3O2. The quantitative estimate of drug-likeness (QED) is 0.643. The van der Waals surface area contributed by atoms with Gasteiger partial charge in [0, 0.05) is 32.4 Å². The minimum atomic E-state index is -0.416. The summed E-state index contributed by atoms with van der Waals surface area (Å²) in [7, 11) is 4.01. The molecule has 0 unspecified atom stereocenters. The van der Waals surface area contributed by atoms with Crippen molar-refractivity contribution in [2.24, 2.45) is 0 Å². The van der Waals surface area contributed by atoms with Gasteiger partial charge in [0.05, 0.1) is 5.56 Å². The van der Waals surface area contributed by atoms with Gasteiger partial charge in [0.1, 0.15) is 5.82 Å². The van der Waals surface area contributed by atoms with Crippen LogP contribution in [0.4, 0.5) is 10.1 Å². The largest absolute Gasteiger partial charge is 0.378 e. The van der Waals surface area contributed by atoms with Gasteiger partial charge in [-0.25, -0.2) is 4.39 Å². The Bertz CT molecular complexity index is 904. The first kappa shape index (κ1) is 18.6. The number of amides is 1. The predicted octanol–water partition coefficient (Wildman–Crippen LogP) is 3.91. The fourth-order valence-corrected chi connectivity index (χ4v) is 2.72. The molecule has 0 aliphatic heterocycles. The van der Waals surface area contributed by atoms with E-state index in [9.17, 15) is 9.18 Å². The van der Waals surface area contributed by atoms with Crippen molar-refractivity contribution in [3.8, 4) is 11.3 Å². The standard InChI is InChI=1S/C21H22FN3O2/c1-25(2)16-11-9-15(10-12-16)6-5-13-23-21(26)19-14-20(27-24-19)17-7-3-4-8-18(17)22/h3-4,7-12,14H,5-6,13H2,1-2H3,(H,23,26). The number of nitrogens with one attached hydrogen (secondary N) is 1. The summed E-state index contributed by atoms with van der Waals surface area (Å²) in [6.45, 7) is 0.524. The third-order valence-corrected chi connectivity index (χ3v) is 4.26. The van der Waals surface area contributed by atoms with Crippen molar-refractivity contribution in [2.75, 3.05) is 25.5 Å². The van der Waals surface area contributed by atoms with E-state index in [-0.39, 0.29) is 22.9 Å². The van der Waals surface area contributed by atoms with Crippen molar-refractivity contribution in [1.29, 1.82) is 0 Å². The number of aryl methyl sites for hydroxylation is 1. The molecular weight excluding hydrogens is 345 g/mol. The van der Waals surface area contributed by atoms with Crippen LogP contribution >= 0.6 is 0 Å². The van der Waals surface area contributed by atoms with E-state index in [0.29, 0.717) is 6.54 Å². The molecule has 0 aliphatic rings. The molecule has 0 radical (unpaired) electrons. The fraction of sp³-hybridized carbons (Fsp3) is 0.238. The zero-order chi connectivity index (χ0) is 19.2. The minimum Gasteiger partial charge on any atom is -0.378 e. The van der Waals surface area contributed by atoms with Crippen molar-refractivity contribution in [1.82, 2.24) is 10.5 Å². The number of hydrogen-bond acceptors (Lipinski definition) is 4. The Morgan fingerprint density at radius 3 is 2.59 bits per heavy atom. The molecule has 5 nitrogen and oxygen atoms in total. The van der Waals surface area contributed by atoms with Gasteiger partial charge in [-0.05, 0) is 42.7 Å². The second-order valence-corrected chi connectivity index (χ2v) is 6.48. The lowest BCUT2D eigenvalue weighted by Crippen LogP contribution is -2.25. The van der Waals surface area contributed by atoms with Gasteiger partial charge in [0.2, 0.25) is 0 Å². The molecule has 1 N–H and O–H groups in total. The predicted molar refractivity (Wildman–Crippen MR) is 103 cm³/mol.